The lowest BCUT2D eigenvalue weighted by Gasteiger charge is -2.17. The maximum absolute atomic E-state index is 12.9. The fourth-order valence-electron chi connectivity index (χ4n) is 3.07. The molecule has 0 fully saturated rings. The summed E-state index contributed by atoms with van der Waals surface area (Å²) in [6.07, 6.45) is 0.995. The Balaban J connectivity index is 2.27. The van der Waals surface area contributed by atoms with Crippen LogP contribution in [-0.2, 0) is 16.0 Å². The van der Waals surface area contributed by atoms with Crippen molar-refractivity contribution in [3.05, 3.63) is 53.1 Å². The second-order valence-corrected chi connectivity index (χ2v) is 7.29. The Bertz CT molecular complexity index is 858. The molecule has 2 aromatic carbocycles. The van der Waals surface area contributed by atoms with Gasteiger partial charge in [0.25, 0.3) is 0 Å². The molecule has 1 amide bonds. The molecular weight excluding hydrogens is 370 g/mol. The first-order valence-electron chi connectivity index (χ1n) is 9.54. The van der Waals surface area contributed by atoms with Gasteiger partial charge in [0, 0.05) is 12.1 Å². The molecule has 0 aromatic heterocycles. The molecule has 0 aliphatic carbocycles. The number of anilines is 1. The van der Waals surface area contributed by atoms with E-state index in [1.807, 2.05) is 19.1 Å². The number of hydrogen-bond acceptors (Lipinski definition) is 5. The molecule has 6 nitrogen and oxygen atoms in total. The van der Waals surface area contributed by atoms with Crippen LogP contribution in [0.15, 0.2) is 36.4 Å². The first kappa shape index (κ1) is 22.3. The van der Waals surface area contributed by atoms with Crippen LogP contribution in [0.1, 0.15) is 48.2 Å². The molecule has 0 saturated heterocycles. The standard InChI is InChI=1S/C23H29NO5/c1-14(2)11-16-7-9-17(10-8-16)15(3)22(25)24-19-13-21(28-5)20(27-4)12-18(19)23(26)29-6/h7-10,12-15H,11H2,1-6H3,(H,24,25)/t15-/m1/s1. The van der Waals surface area contributed by atoms with Gasteiger partial charge in [-0.05, 0) is 30.4 Å². The number of methoxy groups -OCH3 is 3. The van der Waals surface area contributed by atoms with Crippen molar-refractivity contribution in [2.24, 2.45) is 5.92 Å². The highest BCUT2D eigenvalue weighted by atomic mass is 16.5. The Morgan fingerprint density at radius 3 is 2.03 bits per heavy atom. The molecule has 6 heteroatoms. The van der Waals surface area contributed by atoms with E-state index < -0.39 is 11.9 Å². The van der Waals surface area contributed by atoms with Crippen molar-refractivity contribution in [2.45, 2.75) is 33.1 Å². The molecule has 1 atom stereocenters. The topological polar surface area (TPSA) is 73.9 Å². The number of carbonyl (C=O) groups excluding carboxylic acids is 2. The zero-order chi connectivity index (χ0) is 21.6. The number of benzene rings is 2. The van der Waals surface area contributed by atoms with Crippen molar-refractivity contribution in [3.63, 3.8) is 0 Å². The molecule has 0 aliphatic rings. The van der Waals surface area contributed by atoms with Gasteiger partial charge in [-0.25, -0.2) is 4.79 Å². The highest BCUT2D eigenvalue weighted by Gasteiger charge is 2.22. The summed E-state index contributed by atoms with van der Waals surface area (Å²) < 4.78 is 15.4. The quantitative estimate of drug-likeness (QED) is 0.665. The molecule has 0 bridgehead atoms. The van der Waals surface area contributed by atoms with E-state index in [2.05, 4.69) is 31.3 Å². The van der Waals surface area contributed by atoms with Crippen LogP contribution in [-0.4, -0.2) is 33.2 Å². The van der Waals surface area contributed by atoms with Gasteiger partial charge in [-0.1, -0.05) is 38.1 Å². The minimum absolute atomic E-state index is 0.193. The summed E-state index contributed by atoms with van der Waals surface area (Å²) in [4.78, 5) is 25.0. The zero-order valence-electron chi connectivity index (χ0n) is 17.9. The second kappa shape index (κ2) is 9.96. The smallest absolute Gasteiger partial charge is 0.340 e. The van der Waals surface area contributed by atoms with Gasteiger partial charge in [0.2, 0.25) is 5.91 Å². The number of rotatable bonds is 8. The minimum atomic E-state index is -0.577. The van der Waals surface area contributed by atoms with E-state index in [1.54, 1.807) is 6.07 Å². The molecular formula is C23H29NO5. The van der Waals surface area contributed by atoms with Gasteiger partial charge in [0.1, 0.15) is 0 Å². The van der Waals surface area contributed by atoms with Gasteiger partial charge in [0.05, 0.1) is 38.5 Å². The summed E-state index contributed by atoms with van der Waals surface area (Å²) in [6, 6.07) is 11.1. The highest BCUT2D eigenvalue weighted by Crippen LogP contribution is 2.34. The third-order valence-corrected chi connectivity index (χ3v) is 4.70. The van der Waals surface area contributed by atoms with E-state index >= 15 is 0 Å². The number of carbonyl (C=O) groups is 2. The Kier molecular flexibility index (Phi) is 7.65. The molecule has 0 spiro atoms. The lowest BCUT2D eigenvalue weighted by Crippen LogP contribution is -2.21. The Labute approximate surface area is 172 Å². The van der Waals surface area contributed by atoms with Crippen LogP contribution in [0.25, 0.3) is 0 Å². The third kappa shape index (κ3) is 5.50. The van der Waals surface area contributed by atoms with Crippen LogP contribution in [0.2, 0.25) is 0 Å². The second-order valence-electron chi connectivity index (χ2n) is 7.29. The van der Waals surface area contributed by atoms with Crippen LogP contribution in [0.4, 0.5) is 5.69 Å². The van der Waals surface area contributed by atoms with Gasteiger partial charge in [0.15, 0.2) is 11.5 Å². The van der Waals surface area contributed by atoms with Crippen molar-refractivity contribution in [1.29, 1.82) is 0 Å². The number of hydrogen-bond donors (Lipinski definition) is 1. The summed E-state index contributed by atoms with van der Waals surface area (Å²) in [5.74, 6) is 0.136. The Morgan fingerprint density at radius 2 is 1.52 bits per heavy atom. The fourth-order valence-corrected chi connectivity index (χ4v) is 3.07. The number of ether oxygens (including phenoxy) is 3. The maximum Gasteiger partial charge on any atom is 0.340 e. The predicted molar refractivity (Wildman–Crippen MR) is 113 cm³/mol. The summed E-state index contributed by atoms with van der Waals surface area (Å²) in [7, 11) is 4.25. The number of amides is 1. The van der Waals surface area contributed by atoms with Gasteiger partial charge in [-0.2, -0.15) is 0 Å². The molecule has 2 aromatic rings. The molecule has 0 heterocycles. The SMILES string of the molecule is COC(=O)c1cc(OC)c(OC)cc1NC(=O)[C@H](C)c1ccc(CC(C)C)cc1. The Hall–Kier alpha value is -3.02. The molecule has 156 valence electrons. The fraction of sp³-hybridized carbons (Fsp3) is 0.391. The summed E-state index contributed by atoms with van der Waals surface area (Å²) in [5, 5.41) is 2.82. The molecule has 2 rings (SSSR count). The monoisotopic (exact) mass is 399 g/mol. The van der Waals surface area contributed by atoms with Crippen molar-refractivity contribution in [3.8, 4) is 11.5 Å². The summed E-state index contributed by atoms with van der Waals surface area (Å²) >= 11 is 0. The maximum atomic E-state index is 12.9. The van der Waals surface area contributed by atoms with E-state index in [0.29, 0.717) is 23.1 Å². The summed E-state index contributed by atoms with van der Waals surface area (Å²) in [5.41, 5.74) is 2.64. The van der Waals surface area contributed by atoms with E-state index in [4.69, 9.17) is 14.2 Å². The van der Waals surface area contributed by atoms with E-state index in [-0.39, 0.29) is 11.5 Å². The van der Waals surface area contributed by atoms with Crippen LogP contribution in [0, 0.1) is 5.92 Å². The van der Waals surface area contributed by atoms with Crippen LogP contribution >= 0.6 is 0 Å². The van der Waals surface area contributed by atoms with Gasteiger partial charge in [-0.15, -0.1) is 0 Å². The lowest BCUT2D eigenvalue weighted by atomic mass is 9.96. The third-order valence-electron chi connectivity index (χ3n) is 4.70. The predicted octanol–water partition coefficient (Wildman–Crippen LogP) is 4.43. The minimum Gasteiger partial charge on any atom is -0.493 e. The molecule has 0 aliphatic heterocycles. The van der Waals surface area contributed by atoms with E-state index in [0.717, 1.165) is 12.0 Å². The molecule has 0 unspecified atom stereocenters. The van der Waals surface area contributed by atoms with Gasteiger partial charge in [-0.3, -0.25) is 4.79 Å². The highest BCUT2D eigenvalue weighted by molar-refractivity contribution is 6.03. The average molecular weight is 399 g/mol. The first-order chi connectivity index (χ1) is 13.8. The molecule has 29 heavy (non-hydrogen) atoms. The Morgan fingerprint density at radius 1 is 0.931 bits per heavy atom. The summed E-state index contributed by atoms with van der Waals surface area (Å²) in [6.45, 7) is 6.17. The normalized spacial score (nSPS) is 11.7. The zero-order valence-corrected chi connectivity index (χ0v) is 17.9. The molecule has 0 saturated carbocycles. The molecule has 0 radical (unpaired) electrons. The van der Waals surface area contributed by atoms with E-state index in [9.17, 15) is 9.59 Å². The van der Waals surface area contributed by atoms with Crippen molar-refractivity contribution in [1.82, 2.24) is 0 Å². The van der Waals surface area contributed by atoms with Crippen molar-refractivity contribution < 1.29 is 23.8 Å². The number of esters is 1. The van der Waals surface area contributed by atoms with Crippen LogP contribution in [0.3, 0.4) is 0 Å². The average Bonchev–Trinajstić information content (AvgIpc) is 2.72. The lowest BCUT2D eigenvalue weighted by molar-refractivity contribution is -0.117. The largest absolute Gasteiger partial charge is 0.493 e. The van der Waals surface area contributed by atoms with Crippen molar-refractivity contribution in [2.75, 3.05) is 26.6 Å². The first-order valence-corrected chi connectivity index (χ1v) is 9.54. The van der Waals surface area contributed by atoms with E-state index in [1.165, 1.54) is 33.0 Å². The van der Waals surface area contributed by atoms with Crippen molar-refractivity contribution >= 4 is 17.6 Å². The van der Waals surface area contributed by atoms with Crippen LogP contribution < -0.4 is 14.8 Å². The van der Waals surface area contributed by atoms with Crippen LogP contribution in [0.5, 0.6) is 11.5 Å². The molecule has 1 N–H and O–H groups in total. The van der Waals surface area contributed by atoms with Gasteiger partial charge >= 0.3 is 5.97 Å². The number of nitrogens with one attached hydrogen (secondary N) is 1. The van der Waals surface area contributed by atoms with Gasteiger partial charge < -0.3 is 19.5 Å².